The number of hydrogen-bond donors (Lipinski definition) is 2. The number of phenols is 1. The molecule has 3 nitrogen and oxygen atoms in total. The number of hydrogen-bond acceptors (Lipinski definition) is 3. The summed E-state index contributed by atoms with van der Waals surface area (Å²) in [6.07, 6.45) is 0. The Bertz CT molecular complexity index is 317. The van der Waals surface area contributed by atoms with Crippen LogP contribution in [-0.2, 0) is 0 Å². The lowest BCUT2D eigenvalue weighted by Crippen LogP contribution is -1.92. The van der Waals surface area contributed by atoms with Crippen molar-refractivity contribution in [3.05, 3.63) is 15.6 Å². The van der Waals surface area contributed by atoms with Crippen molar-refractivity contribution in [2.75, 3.05) is 12.8 Å². The number of benzene rings is 1. The first-order chi connectivity index (χ1) is 5.57. The van der Waals surface area contributed by atoms with Gasteiger partial charge in [-0.25, -0.2) is 0 Å². The second-order valence-corrected chi connectivity index (χ2v) is 3.34. The van der Waals surface area contributed by atoms with Crippen molar-refractivity contribution in [1.82, 2.24) is 0 Å². The van der Waals surface area contributed by atoms with Gasteiger partial charge < -0.3 is 15.6 Å². The number of rotatable bonds is 1. The largest absolute Gasteiger partial charge is 0.504 e. The molecule has 0 saturated heterocycles. The normalized spacial score (nSPS) is 9.92. The quantitative estimate of drug-likeness (QED) is 0.596. The maximum atomic E-state index is 9.26. The zero-order chi connectivity index (χ0) is 9.30. The van der Waals surface area contributed by atoms with Crippen LogP contribution in [0.5, 0.6) is 11.5 Å². The summed E-state index contributed by atoms with van der Waals surface area (Å²) in [5, 5.41) is 9.44. The van der Waals surface area contributed by atoms with Gasteiger partial charge in [0.25, 0.3) is 0 Å². The molecule has 0 spiro atoms. The third-order valence-corrected chi connectivity index (χ3v) is 2.52. The van der Waals surface area contributed by atoms with E-state index >= 15 is 0 Å². The zero-order valence-electron chi connectivity index (χ0n) is 6.27. The fourth-order valence-corrected chi connectivity index (χ4v) is 1.43. The molecule has 0 heterocycles. The molecule has 3 N–H and O–H groups in total. The van der Waals surface area contributed by atoms with Crippen LogP contribution in [0, 0.1) is 0 Å². The molecule has 0 amide bonds. The monoisotopic (exact) mass is 251 g/mol. The van der Waals surface area contributed by atoms with E-state index in [-0.39, 0.29) is 16.5 Å². The summed E-state index contributed by atoms with van der Waals surface area (Å²) in [4.78, 5) is 0. The van der Waals surface area contributed by atoms with E-state index < -0.39 is 0 Å². The Labute approximate surface area is 83.2 Å². The highest BCUT2D eigenvalue weighted by atomic mass is 79.9. The molecule has 12 heavy (non-hydrogen) atoms. The van der Waals surface area contributed by atoms with Crippen LogP contribution in [0.4, 0.5) is 5.69 Å². The van der Waals surface area contributed by atoms with E-state index in [1.54, 1.807) is 0 Å². The molecule has 66 valence electrons. The summed E-state index contributed by atoms with van der Waals surface area (Å²) >= 11 is 8.80. The zero-order valence-corrected chi connectivity index (χ0v) is 8.61. The molecule has 0 unspecified atom stereocenters. The van der Waals surface area contributed by atoms with Gasteiger partial charge in [-0.2, -0.15) is 0 Å². The van der Waals surface area contributed by atoms with E-state index in [2.05, 4.69) is 15.9 Å². The van der Waals surface area contributed by atoms with E-state index in [4.69, 9.17) is 22.1 Å². The summed E-state index contributed by atoms with van der Waals surface area (Å²) in [6.45, 7) is 0. The predicted octanol–water partition coefficient (Wildman–Crippen LogP) is 2.40. The van der Waals surface area contributed by atoms with Crippen molar-refractivity contribution in [1.29, 1.82) is 0 Å². The Kier molecular flexibility index (Phi) is 2.69. The highest BCUT2D eigenvalue weighted by molar-refractivity contribution is 9.10. The van der Waals surface area contributed by atoms with Crippen molar-refractivity contribution < 1.29 is 9.84 Å². The summed E-state index contributed by atoms with van der Waals surface area (Å²) in [5.41, 5.74) is 5.68. The molecule has 1 rings (SSSR count). The number of nitrogens with two attached hydrogens (primary N) is 1. The van der Waals surface area contributed by atoms with Crippen LogP contribution in [0.25, 0.3) is 0 Å². The standard InChI is InChI=1S/C7H7BrClNO2/c1-12-4-2-3(9)7(11)6(10)5(4)8/h2,11H,10H2,1H3. The van der Waals surface area contributed by atoms with Crippen molar-refractivity contribution in [3.8, 4) is 11.5 Å². The van der Waals surface area contributed by atoms with Crippen molar-refractivity contribution in [2.45, 2.75) is 0 Å². The first-order valence-corrected chi connectivity index (χ1v) is 4.25. The highest BCUT2D eigenvalue weighted by Gasteiger charge is 2.12. The van der Waals surface area contributed by atoms with Crippen molar-refractivity contribution in [3.63, 3.8) is 0 Å². The average molecular weight is 252 g/mol. The number of ether oxygens (including phenoxy) is 1. The Morgan fingerprint density at radius 1 is 1.67 bits per heavy atom. The fourth-order valence-electron chi connectivity index (χ4n) is 0.761. The number of nitrogen functional groups attached to an aromatic ring is 1. The van der Waals surface area contributed by atoms with Crippen LogP contribution < -0.4 is 10.5 Å². The molecule has 0 saturated carbocycles. The summed E-state index contributed by atoms with van der Waals surface area (Å²) in [6, 6.07) is 1.48. The Balaban J connectivity index is 3.39. The number of anilines is 1. The molecular weight excluding hydrogens is 245 g/mol. The van der Waals surface area contributed by atoms with Gasteiger partial charge in [0.2, 0.25) is 0 Å². The van der Waals surface area contributed by atoms with Crippen LogP contribution in [0.1, 0.15) is 0 Å². The van der Waals surface area contributed by atoms with Gasteiger partial charge in [0.05, 0.1) is 22.3 Å². The molecule has 0 radical (unpaired) electrons. The maximum Gasteiger partial charge on any atom is 0.158 e. The predicted molar refractivity (Wildman–Crippen MR) is 51.8 cm³/mol. The van der Waals surface area contributed by atoms with Crippen molar-refractivity contribution in [2.24, 2.45) is 0 Å². The molecule has 0 aliphatic carbocycles. The van der Waals surface area contributed by atoms with Gasteiger partial charge in [0.15, 0.2) is 5.75 Å². The van der Waals surface area contributed by atoms with E-state index in [1.807, 2.05) is 0 Å². The Morgan fingerprint density at radius 3 is 2.75 bits per heavy atom. The van der Waals surface area contributed by atoms with Gasteiger partial charge in [0, 0.05) is 6.07 Å². The van der Waals surface area contributed by atoms with Gasteiger partial charge in [-0.3, -0.25) is 0 Å². The van der Waals surface area contributed by atoms with Gasteiger partial charge in [-0.1, -0.05) is 11.6 Å². The van der Waals surface area contributed by atoms with Gasteiger partial charge >= 0.3 is 0 Å². The molecule has 1 aromatic rings. The molecule has 5 heteroatoms. The third kappa shape index (κ3) is 1.44. The second-order valence-electron chi connectivity index (χ2n) is 2.14. The van der Waals surface area contributed by atoms with Crippen molar-refractivity contribution >= 4 is 33.2 Å². The van der Waals surface area contributed by atoms with Gasteiger partial charge in [-0.15, -0.1) is 0 Å². The molecule has 0 bridgehead atoms. The lowest BCUT2D eigenvalue weighted by Gasteiger charge is -2.08. The fraction of sp³-hybridized carbons (Fsp3) is 0.143. The molecular formula is C7H7BrClNO2. The lowest BCUT2D eigenvalue weighted by molar-refractivity contribution is 0.410. The van der Waals surface area contributed by atoms with Crippen LogP contribution >= 0.6 is 27.5 Å². The first kappa shape index (κ1) is 9.48. The lowest BCUT2D eigenvalue weighted by atomic mass is 10.3. The highest BCUT2D eigenvalue weighted by Crippen LogP contribution is 2.41. The molecule has 0 aliphatic heterocycles. The van der Waals surface area contributed by atoms with Crippen LogP contribution in [-0.4, -0.2) is 12.2 Å². The number of halogens is 2. The number of phenolic OH excluding ortho intramolecular Hbond substituents is 1. The summed E-state index contributed by atoms with van der Waals surface area (Å²) in [7, 11) is 1.49. The molecule has 0 atom stereocenters. The van der Waals surface area contributed by atoms with E-state index in [9.17, 15) is 5.11 Å². The minimum atomic E-state index is -0.135. The number of methoxy groups -OCH3 is 1. The van der Waals surface area contributed by atoms with Crippen LogP contribution in [0.15, 0.2) is 10.5 Å². The summed E-state index contributed by atoms with van der Waals surface area (Å²) in [5.74, 6) is 0.361. The number of aromatic hydroxyl groups is 1. The molecule has 0 aliphatic rings. The molecule has 1 aromatic carbocycles. The summed E-state index contributed by atoms with van der Waals surface area (Å²) < 4.78 is 5.45. The topological polar surface area (TPSA) is 55.5 Å². The van der Waals surface area contributed by atoms with E-state index in [1.165, 1.54) is 13.2 Å². The van der Waals surface area contributed by atoms with Gasteiger partial charge in [0.1, 0.15) is 5.75 Å². The minimum Gasteiger partial charge on any atom is -0.504 e. The smallest absolute Gasteiger partial charge is 0.158 e. The second kappa shape index (κ2) is 3.41. The average Bonchev–Trinajstić information content (AvgIpc) is 2.08. The van der Waals surface area contributed by atoms with E-state index in [0.29, 0.717) is 10.2 Å². The minimum absolute atomic E-state index is 0.135. The molecule has 0 aromatic heterocycles. The Hall–Kier alpha value is -0.610. The third-order valence-electron chi connectivity index (χ3n) is 1.41. The Morgan fingerprint density at radius 2 is 2.25 bits per heavy atom. The van der Waals surface area contributed by atoms with E-state index in [0.717, 1.165) is 0 Å². The molecule has 0 fully saturated rings. The van der Waals surface area contributed by atoms with Crippen LogP contribution in [0.2, 0.25) is 5.02 Å². The van der Waals surface area contributed by atoms with Gasteiger partial charge in [-0.05, 0) is 15.9 Å². The van der Waals surface area contributed by atoms with Crippen LogP contribution in [0.3, 0.4) is 0 Å². The SMILES string of the molecule is COc1cc(Cl)c(O)c(N)c1Br. The maximum absolute atomic E-state index is 9.26. The first-order valence-electron chi connectivity index (χ1n) is 3.08.